The van der Waals surface area contributed by atoms with Gasteiger partial charge in [-0.2, -0.15) is 17.5 Å². The molecule has 0 bridgehead atoms. The number of carbonyl (C=O) groups is 1. The molecular weight excluding hydrogens is 592 g/mol. The molecule has 1 aromatic carbocycles. The fraction of sp³-hybridized carbons (Fsp3) is 0.304. The van der Waals surface area contributed by atoms with E-state index in [0.717, 1.165) is 29.0 Å². The van der Waals surface area contributed by atoms with Crippen LogP contribution in [0, 0.1) is 5.82 Å². The van der Waals surface area contributed by atoms with Crippen molar-refractivity contribution in [3.8, 4) is 11.3 Å². The second-order valence-corrected chi connectivity index (χ2v) is 11.2. The Morgan fingerprint density at radius 2 is 1.77 bits per heavy atom. The standard InChI is InChI=1S/C23H18Cl2F5N5O3S/c1-11-17(26)6-20(35(11)39(37,38)14-2-3-15(24)16(25)5-14)21(36)32-7-12-4-19(31-10-18(12)27)13-8-33-22(34-9-13)23(28,29)30/h2-5,8-11,17,20H,6-7H2,1H3,(H,32,36)/t11-,17+,20-/m0/s1. The first-order chi connectivity index (χ1) is 18.2. The van der Waals surface area contributed by atoms with E-state index in [1.807, 2.05) is 0 Å². The van der Waals surface area contributed by atoms with Gasteiger partial charge in [0.15, 0.2) is 0 Å². The van der Waals surface area contributed by atoms with Crippen molar-refractivity contribution in [2.45, 2.75) is 49.2 Å². The minimum Gasteiger partial charge on any atom is -0.351 e. The number of hydrogen-bond donors (Lipinski definition) is 1. The summed E-state index contributed by atoms with van der Waals surface area (Å²) in [5, 5.41) is 2.45. The highest BCUT2D eigenvalue weighted by Crippen LogP contribution is 2.35. The lowest BCUT2D eigenvalue weighted by Crippen LogP contribution is -2.48. The number of pyridine rings is 1. The molecule has 4 rings (SSSR count). The monoisotopic (exact) mass is 609 g/mol. The topological polar surface area (TPSA) is 105 Å². The van der Waals surface area contributed by atoms with Gasteiger partial charge in [-0.05, 0) is 31.2 Å². The van der Waals surface area contributed by atoms with Gasteiger partial charge in [0.2, 0.25) is 21.8 Å². The first kappa shape index (κ1) is 29.1. The lowest BCUT2D eigenvalue weighted by Gasteiger charge is -2.27. The highest BCUT2D eigenvalue weighted by atomic mass is 35.5. The van der Waals surface area contributed by atoms with E-state index < -0.39 is 65.0 Å². The number of sulfonamides is 1. The molecule has 0 spiro atoms. The number of nitrogens with zero attached hydrogens (tertiary/aromatic N) is 4. The fourth-order valence-corrected chi connectivity index (χ4v) is 6.21. The molecule has 3 heterocycles. The fourth-order valence-electron chi connectivity index (χ4n) is 4.01. The van der Waals surface area contributed by atoms with Crippen molar-refractivity contribution in [1.29, 1.82) is 0 Å². The van der Waals surface area contributed by atoms with Crippen LogP contribution >= 0.6 is 23.2 Å². The van der Waals surface area contributed by atoms with Gasteiger partial charge in [0.1, 0.15) is 18.0 Å². The van der Waals surface area contributed by atoms with Crippen molar-refractivity contribution in [2.75, 3.05) is 0 Å². The predicted octanol–water partition coefficient (Wildman–Crippen LogP) is 4.81. The molecule has 39 heavy (non-hydrogen) atoms. The van der Waals surface area contributed by atoms with Gasteiger partial charge in [0, 0.05) is 36.5 Å². The molecule has 1 fully saturated rings. The Morgan fingerprint density at radius 3 is 2.38 bits per heavy atom. The quantitative estimate of drug-likeness (QED) is 0.402. The molecule has 8 nitrogen and oxygen atoms in total. The SMILES string of the molecule is C[C@H]1[C@H](F)C[C@@H](C(=O)NCc2cc(-c3cnc(C(F)(F)F)nc3)ncc2F)N1S(=O)(=O)c1ccc(Cl)c(Cl)c1. The second-order valence-electron chi connectivity index (χ2n) is 8.59. The van der Waals surface area contributed by atoms with Crippen LogP contribution in [0.5, 0.6) is 0 Å². The van der Waals surface area contributed by atoms with Gasteiger partial charge < -0.3 is 5.32 Å². The molecule has 1 amide bonds. The molecule has 3 aromatic rings. The van der Waals surface area contributed by atoms with Crippen LogP contribution in [0.15, 0.2) is 47.8 Å². The summed E-state index contributed by atoms with van der Waals surface area (Å²) in [6.45, 7) is 0.859. The van der Waals surface area contributed by atoms with E-state index in [9.17, 15) is 35.2 Å². The van der Waals surface area contributed by atoms with Crippen LogP contribution in [-0.2, 0) is 27.5 Å². The Morgan fingerprint density at radius 1 is 1.10 bits per heavy atom. The zero-order chi connectivity index (χ0) is 28.7. The molecule has 1 aliphatic heterocycles. The van der Waals surface area contributed by atoms with Gasteiger partial charge >= 0.3 is 6.18 Å². The maximum atomic E-state index is 14.7. The third kappa shape index (κ3) is 5.98. The summed E-state index contributed by atoms with van der Waals surface area (Å²) in [6.07, 6.45) is -4.33. The molecular formula is C23H18Cl2F5N5O3S. The van der Waals surface area contributed by atoms with Gasteiger partial charge in [-0.3, -0.25) is 9.78 Å². The van der Waals surface area contributed by atoms with Crippen molar-refractivity contribution in [1.82, 2.24) is 24.6 Å². The van der Waals surface area contributed by atoms with E-state index in [-0.39, 0.29) is 31.8 Å². The molecule has 0 saturated carbocycles. The van der Waals surface area contributed by atoms with Crippen LogP contribution in [0.3, 0.4) is 0 Å². The van der Waals surface area contributed by atoms with E-state index >= 15 is 0 Å². The number of benzene rings is 1. The van der Waals surface area contributed by atoms with Crippen molar-refractivity contribution >= 4 is 39.1 Å². The average molecular weight is 610 g/mol. The number of rotatable bonds is 6. The molecule has 0 radical (unpaired) electrons. The van der Waals surface area contributed by atoms with Crippen molar-refractivity contribution in [3.05, 3.63) is 70.1 Å². The summed E-state index contributed by atoms with van der Waals surface area (Å²) in [7, 11) is -4.39. The highest BCUT2D eigenvalue weighted by molar-refractivity contribution is 7.89. The number of halogens is 7. The van der Waals surface area contributed by atoms with Crippen LogP contribution in [0.25, 0.3) is 11.3 Å². The van der Waals surface area contributed by atoms with Gasteiger partial charge in [0.25, 0.3) is 0 Å². The number of carbonyl (C=O) groups excluding carboxylic acids is 1. The van der Waals surface area contributed by atoms with Crippen LogP contribution in [0.4, 0.5) is 22.0 Å². The van der Waals surface area contributed by atoms with Gasteiger partial charge in [0.05, 0.1) is 32.9 Å². The Kier molecular flexibility index (Phi) is 8.13. The van der Waals surface area contributed by atoms with Crippen LogP contribution in [-0.4, -0.2) is 51.8 Å². The third-order valence-corrected chi connectivity index (χ3v) is 8.77. The van der Waals surface area contributed by atoms with E-state index in [0.29, 0.717) is 0 Å². The van der Waals surface area contributed by atoms with Crippen molar-refractivity contribution < 1.29 is 35.2 Å². The minimum atomic E-state index is -4.75. The Balaban J connectivity index is 1.54. The normalized spacial score (nSPS) is 20.3. The van der Waals surface area contributed by atoms with Crippen molar-refractivity contribution in [2.24, 2.45) is 0 Å². The van der Waals surface area contributed by atoms with E-state index in [1.54, 1.807) is 0 Å². The lowest BCUT2D eigenvalue weighted by atomic mass is 10.1. The molecule has 1 aliphatic rings. The van der Waals surface area contributed by atoms with E-state index in [2.05, 4.69) is 20.3 Å². The first-order valence-electron chi connectivity index (χ1n) is 11.1. The Bertz CT molecular complexity index is 1510. The third-order valence-electron chi connectivity index (χ3n) is 6.04. The van der Waals surface area contributed by atoms with Gasteiger partial charge in [-0.15, -0.1) is 0 Å². The smallest absolute Gasteiger partial charge is 0.351 e. The molecule has 208 valence electrons. The summed E-state index contributed by atoms with van der Waals surface area (Å²) in [5.41, 5.74) is -0.0363. The molecule has 0 unspecified atom stereocenters. The van der Waals surface area contributed by atoms with E-state index in [4.69, 9.17) is 23.2 Å². The Labute approximate surface area is 229 Å². The zero-order valence-corrected chi connectivity index (χ0v) is 22.1. The maximum absolute atomic E-state index is 14.7. The summed E-state index contributed by atoms with van der Waals surface area (Å²) in [4.78, 5) is 23.0. The lowest BCUT2D eigenvalue weighted by molar-refractivity contribution is -0.145. The average Bonchev–Trinajstić information content (AvgIpc) is 3.19. The van der Waals surface area contributed by atoms with Crippen LogP contribution in [0.1, 0.15) is 24.7 Å². The maximum Gasteiger partial charge on any atom is 0.451 e. The molecule has 0 aliphatic carbocycles. The van der Waals surface area contributed by atoms with Crippen LogP contribution < -0.4 is 5.32 Å². The van der Waals surface area contributed by atoms with Crippen LogP contribution in [0.2, 0.25) is 10.0 Å². The minimum absolute atomic E-state index is 0.0245. The summed E-state index contributed by atoms with van der Waals surface area (Å²) in [6, 6.07) is 2.04. The molecule has 3 atom stereocenters. The molecule has 1 saturated heterocycles. The molecule has 2 aromatic heterocycles. The summed E-state index contributed by atoms with van der Waals surface area (Å²) in [5.74, 6) is -3.10. The highest BCUT2D eigenvalue weighted by Gasteiger charge is 2.49. The molecule has 1 N–H and O–H groups in total. The Hall–Kier alpha value is -2.94. The predicted molar refractivity (Wildman–Crippen MR) is 130 cm³/mol. The summed E-state index contributed by atoms with van der Waals surface area (Å²) >= 11 is 11.8. The summed E-state index contributed by atoms with van der Waals surface area (Å²) < 4.78 is 94.6. The number of hydrogen-bond acceptors (Lipinski definition) is 6. The number of amides is 1. The first-order valence-corrected chi connectivity index (χ1v) is 13.3. The van der Waals surface area contributed by atoms with E-state index in [1.165, 1.54) is 25.1 Å². The number of nitrogens with one attached hydrogen (secondary N) is 1. The van der Waals surface area contributed by atoms with Gasteiger partial charge in [-0.1, -0.05) is 23.2 Å². The number of aromatic nitrogens is 3. The van der Waals surface area contributed by atoms with Gasteiger partial charge in [-0.25, -0.2) is 27.2 Å². The molecule has 16 heteroatoms. The number of alkyl halides is 4. The second kappa shape index (κ2) is 10.9. The van der Waals surface area contributed by atoms with Crippen molar-refractivity contribution in [3.63, 3.8) is 0 Å². The largest absolute Gasteiger partial charge is 0.451 e. The zero-order valence-electron chi connectivity index (χ0n) is 19.8.